The molecule has 0 aliphatic heterocycles. The van der Waals surface area contributed by atoms with Crippen molar-refractivity contribution >= 4 is 33.4 Å². The molecule has 4 aromatic rings. The van der Waals surface area contributed by atoms with Crippen molar-refractivity contribution in [1.82, 2.24) is 15.0 Å². The molecule has 0 aliphatic rings. The number of hydrogen-bond acceptors (Lipinski definition) is 4. The first-order valence-corrected chi connectivity index (χ1v) is 8.31. The molecule has 0 bridgehead atoms. The minimum Gasteiger partial charge on any atom is -0.496 e. The van der Waals surface area contributed by atoms with Gasteiger partial charge in [0.05, 0.1) is 18.1 Å². The summed E-state index contributed by atoms with van der Waals surface area (Å²) in [4.78, 5) is 13.4. The highest BCUT2D eigenvalue weighted by molar-refractivity contribution is 6.30. The molecule has 0 spiro atoms. The lowest BCUT2D eigenvalue weighted by atomic mass is 9.92. The van der Waals surface area contributed by atoms with Crippen LogP contribution in [0, 0.1) is 13.8 Å². The van der Waals surface area contributed by atoms with Crippen molar-refractivity contribution in [2.24, 2.45) is 0 Å². The number of benzene rings is 2. The van der Waals surface area contributed by atoms with Gasteiger partial charge < -0.3 is 4.74 Å². The van der Waals surface area contributed by atoms with Gasteiger partial charge >= 0.3 is 0 Å². The molecule has 5 heteroatoms. The molecule has 2 heterocycles. The number of ether oxygens (including phenoxy) is 1. The lowest BCUT2D eigenvalue weighted by Gasteiger charge is -2.16. The Kier molecular flexibility index (Phi) is 3.77. The first-order chi connectivity index (χ1) is 12.1. The van der Waals surface area contributed by atoms with E-state index in [0.29, 0.717) is 5.15 Å². The molecule has 0 fully saturated rings. The maximum Gasteiger partial charge on any atom is 0.129 e. The number of pyridine rings is 1. The van der Waals surface area contributed by atoms with Gasteiger partial charge in [0.2, 0.25) is 0 Å². The van der Waals surface area contributed by atoms with Crippen LogP contribution in [-0.4, -0.2) is 22.1 Å². The van der Waals surface area contributed by atoms with E-state index in [1.165, 1.54) is 0 Å². The molecule has 4 nitrogen and oxygen atoms in total. The van der Waals surface area contributed by atoms with Crippen LogP contribution in [0.3, 0.4) is 0 Å². The molecule has 0 unspecified atom stereocenters. The molecule has 0 saturated carbocycles. The first-order valence-electron chi connectivity index (χ1n) is 7.93. The van der Waals surface area contributed by atoms with Crippen molar-refractivity contribution in [3.63, 3.8) is 0 Å². The van der Waals surface area contributed by atoms with Crippen LogP contribution in [0.15, 0.2) is 42.9 Å². The van der Waals surface area contributed by atoms with Crippen LogP contribution in [0.2, 0.25) is 5.15 Å². The summed E-state index contributed by atoms with van der Waals surface area (Å²) >= 11 is 6.09. The van der Waals surface area contributed by atoms with E-state index in [1.807, 2.05) is 12.1 Å². The molecule has 0 N–H and O–H groups in total. The van der Waals surface area contributed by atoms with Gasteiger partial charge in [-0.25, -0.2) is 4.98 Å². The Morgan fingerprint density at radius 1 is 0.960 bits per heavy atom. The van der Waals surface area contributed by atoms with E-state index in [2.05, 4.69) is 40.9 Å². The molecule has 0 aliphatic carbocycles. The first kappa shape index (κ1) is 15.8. The third kappa shape index (κ3) is 2.50. The Morgan fingerprint density at radius 3 is 2.48 bits per heavy atom. The molecular weight excluding hydrogens is 334 g/mol. The smallest absolute Gasteiger partial charge is 0.129 e. The van der Waals surface area contributed by atoms with Gasteiger partial charge in [-0.05, 0) is 48.7 Å². The Labute approximate surface area is 150 Å². The highest BCUT2D eigenvalue weighted by Gasteiger charge is 2.16. The van der Waals surface area contributed by atoms with E-state index in [4.69, 9.17) is 16.3 Å². The summed E-state index contributed by atoms with van der Waals surface area (Å²) in [6.07, 6.45) is 5.19. The second kappa shape index (κ2) is 5.97. The largest absolute Gasteiger partial charge is 0.496 e. The van der Waals surface area contributed by atoms with Crippen LogP contribution in [-0.2, 0) is 0 Å². The third-order valence-corrected chi connectivity index (χ3v) is 4.73. The summed E-state index contributed by atoms with van der Waals surface area (Å²) in [6.45, 7) is 4.15. The molecule has 2 aromatic heterocycles. The number of rotatable bonds is 2. The minimum absolute atomic E-state index is 0.445. The van der Waals surface area contributed by atoms with E-state index in [9.17, 15) is 0 Å². The van der Waals surface area contributed by atoms with Gasteiger partial charge in [0.25, 0.3) is 0 Å². The molecular formula is C20H16ClN3O. The fourth-order valence-corrected chi connectivity index (χ4v) is 3.53. The summed E-state index contributed by atoms with van der Waals surface area (Å²) in [5.74, 6) is 0.854. The number of nitrogens with zero attached hydrogens (tertiary/aromatic N) is 3. The van der Waals surface area contributed by atoms with Gasteiger partial charge in [-0.15, -0.1) is 0 Å². The number of halogens is 1. The normalized spacial score (nSPS) is 11.2. The number of methoxy groups -OCH3 is 1. The van der Waals surface area contributed by atoms with Gasteiger partial charge in [-0.2, -0.15) is 0 Å². The van der Waals surface area contributed by atoms with E-state index < -0.39 is 0 Å². The van der Waals surface area contributed by atoms with Crippen molar-refractivity contribution in [1.29, 1.82) is 0 Å². The highest BCUT2D eigenvalue weighted by atomic mass is 35.5. The molecule has 0 saturated heterocycles. The average molecular weight is 350 g/mol. The standard InChI is InChI=1S/C20H16ClN3O/c1-11-4-5-16(25-3)12(2)18(11)15-8-13-10-24-17(21)9-14(13)19-20(15)23-7-6-22-19/h4-10H,1-3H3. The zero-order chi connectivity index (χ0) is 17.6. The topological polar surface area (TPSA) is 47.9 Å². The second-order valence-corrected chi connectivity index (χ2v) is 6.38. The average Bonchev–Trinajstić information content (AvgIpc) is 2.62. The Balaban J connectivity index is 2.17. The predicted octanol–water partition coefficient (Wildman–Crippen LogP) is 5.12. The fourth-order valence-electron chi connectivity index (χ4n) is 3.37. The van der Waals surface area contributed by atoms with E-state index in [0.717, 1.165) is 49.8 Å². The van der Waals surface area contributed by atoms with Crippen LogP contribution in [0.25, 0.3) is 32.9 Å². The zero-order valence-electron chi connectivity index (χ0n) is 14.2. The highest BCUT2D eigenvalue weighted by Crippen LogP contribution is 2.38. The quantitative estimate of drug-likeness (QED) is 0.372. The lowest BCUT2D eigenvalue weighted by Crippen LogP contribution is -1.96. The van der Waals surface area contributed by atoms with Gasteiger partial charge in [-0.3, -0.25) is 9.97 Å². The fraction of sp³-hybridized carbons (Fsp3) is 0.150. The van der Waals surface area contributed by atoms with E-state index >= 15 is 0 Å². The molecule has 0 atom stereocenters. The van der Waals surface area contributed by atoms with E-state index in [1.54, 1.807) is 25.7 Å². The van der Waals surface area contributed by atoms with Crippen molar-refractivity contribution < 1.29 is 4.74 Å². The molecule has 0 radical (unpaired) electrons. The maximum atomic E-state index is 6.09. The van der Waals surface area contributed by atoms with Gasteiger partial charge in [0, 0.05) is 34.9 Å². The van der Waals surface area contributed by atoms with Crippen molar-refractivity contribution in [2.45, 2.75) is 13.8 Å². The Bertz CT molecular complexity index is 1120. The zero-order valence-corrected chi connectivity index (χ0v) is 14.9. The SMILES string of the molecule is COc1ccc(C)c(-c2cc3cnc(Cl)cc3c3nccnc23)c1C. The van der Waals surface area contributed by atoms with Crippen LogP contribution >= 0.6 is 11.6 Å². The van der Waals surface area contributed by atoms with Crippen LogP contribution in [0.4, 0.5) is 0 Å². The Hall–Kier alpha value is -2.72. The van der Waals surface area contributed by atoms with Gasteiger partial charge in [0.15, 0.2) is 0 Å². The molecule has 124 valence electrons. The van der Waals surface area contributed by atoms with Crippen LogP contribution < -0.4 is 4.74 Å². The van der Waals surface area contributed by atoms with Gasteiger partial charge in [0.1, 0.15) is 10.9 Å². The summed E-state index contributed by atoms with van der Waals surface area (Å²) in [5, 5.41) is 2.38. The third-order valence-electron chi connectivity index (χ3n) is 4.52. The van der Waals surface area contributed by atoms with Gasteiger partial charge in [-0.1, -0.05) is 17.7 Å². The number of aryl methyl sites for hydroxylation is 1. The van der Waals surface area contributed by atoms with Crippen molar-refractivity contribution in [3.8, 4) is 16.9 Å². The lowest BCUT2D eigenvalue weighted by molar-refractivity contribution is 0.412. The van der Waals surface area contributed by atoms with E-state index in [-0.39, 0.29) is 0 Å². The monoisotopic (exact) mass is 349 g/mol. The Morgan fingerprint density at radius 2 is 1.72 bits per heavy atom. The molecule has 0 amide bonds. The van der Waals surface area contributed by atoms with Crippen LogP contribution in [0.1, 0.15) is 11.1 Å². The minimum atomic E-state index is 0.445. The summed E-state index contributed by atoms with van der Waals surface area (Å²) < 4.78 is 5.51. The summed E-state index contributed by atoms with van der Waals surface area (Å²) in [7, 11) is 1.69. The number of fused-ring (bicyclic) bond motifs is 3. The number of aromatic nitrogens is 3. The number of hydrogen-bond donors (Lipinski definition) is 0. The van der Waals surface area contributed by atoms with Crippen molar-refractivity contribution in [3.05, 3.63) is 59.1 Å². The predicted molar refractivity (Wildman–Crippen MR) is 101 cm³/mol. The molecule has 4 rings (SSSR count). The summed E-state index contributed by atoms with van der Waals surface area (Å²) in [6, 6.07) is 7.99. The molecule has 25 heavy (non-hydrogen) atoms. The van der Waals surface area contributed by atoms with Crippen molar-refractivity contribution in [2.75, 3.05) is 7.11 Å². The maximum absolute atomic E-state index is 6.09. The second-order valence-electron chi connectivity index (χ2n) is 5.99. The summed E-state index contributed by atoms with van der Waals surface area (Å²) in [5.41, 5.74) is 6.04. The molecule has 2 aromatic carbocycles. The van der Waals surface area contributed by atoms with Crippen LogP contribution in [0.5, 0.6) is 5.75 Å².